The number of amides is 1. The molecule has 0 radical (unpaired) electrons. The van der Waals surface area contributed by atoms with E-state index in [4.69, 9.17) is 9.47 Å². The summed E-state index contributed by atoms with van der Waals surface area (Å²) < 4.78 is 11.6. The van der Waals surface area contributed by atoms with E-state index in [1.807, 2.05) is 54.6 Å². The number of carbonyl (C=O) groups is 2. The standard InChI is InChI=1S/C25H26BrN3O4/c1-25(2,3)33-23(30)21(29-24(31)32-16-18-7-5-4-6-8-18)13-17-9-11-19(12-10-17)22-27-14-20(26)15-28-22/h4-12,14-15,21H,13,16H2,1-3H3,(H,29,31)/t21-/m1/s1. The van der Waals surface area contributed by atoms with E-state index < -0.39 is 23.7 Å². The fourth-order valence-corrected chi connectivity index (χ4v) is 3.16. The molecular formula is C25H26BrN3O4. The number of benzene rings is 2. The van der Waals surface area contributed by atoms with E-state index in [1.54, 1.807) is 33.2 Å². The molecule has 0 unspecified atom stereocenters. The van der Waals surface area contributed by atoms with Crippen molar-refractivity contribution in [1.82, 2.24) is 15.3 Å². The van der Waals surface area contributed by atoms with E-state index in [0.29, 0.717) is 5.82 Å². The van der Waals surface area contributed by atoms with E-state index in [2.05, 4.69) is 31.2 Å². The Morgan fingerprint density at radius 1 is 0.970 bits per heavy atom. The largest absolute Gasteiger partial charge is 0.458 e. The Balaban J connectivity index is 1.68. The number of aromatic nitrogens is 2. The quantitative estimate of drug-likeness (QED) is 0.444. The van der Waals surface area contributed by atoms with Gasteiger partial charge in [-0.15, -0.1) is 0 Å². The fraction of sp³-hybridized carbons (Fsp3) is 0.280. The summed E-state index contributed by atoms with van der Waals surface area (Å²) in [5.41, 5.74) is 1.85. The van der Waals surface area contributed by atoms with Crippen molar-refractivity contribution < 1.29 is 19.1 Å². The van der Waals surface area contributed by atoms with E-state index >= 15 is 0 Å². The number of nitrogens with zero attached hydrogens (tertiary/aromatic N) is 2. The van der Waals surface area contributed by atoms with Crippen LogP contribution in [0.25, 0.3) is 11.4 Å². The summed E-state index contributed by atoms with van der Waals surface area (Å²) >= 11 is 3.32. The molecule has 8 heteroatoms. The van der Waals surface area contributed by atoms with Gasteiger partial charge in [-0.2, -0.15) is 0 Å². The first-order valence-electron chi connectivity index (χ1n) is 10.5. The Labute approximate surface area is 201 Å². The van der Waals surface area contributed by atoms with Gasteiger partial charge in [-0.25, -0.2) is 19.6 Å². The topological polar surface area (TPSA) is 90.4 Å². The second-order valence-electron chi connectivity index (χ2n) is 8.42. The Bertz CT molecular complexity index is 1070. The van der Waals surface area contributed by atoms with Gasteiger partial charge in [-0.1, -0.05) is 54.6 Å². The number of hydrogen-bond acceptors (Lipinski definition) is 6. The third-order valence-corrected chi connectivity index (χ3v) is 4.88. The summed E-state index contributed by atoms with van der Waals surface area (Å²) in [5.74, 6) is 0.0653. The highest BCUT2D eigenvalue weighted by Crippen LogP contribution is 2.18. The smallest absolute Gasteiger partial charge is 0.408 e. The second-order valence-corrected chi connectivity index (χ2v) is 9.33. The summed E-state index contributed by atoms with van der Waals surface area (Å²) in [5, 5.41) is 2.65. The van der Waals surface area contributed by atoms with Gasteiger partial charge in [0, 0.05) is 24.4 Å². The first-order chi connectivity index (χ1) is 15.7. The molecular weight excluding hydrogens is 486 g/mol. The zero-order valence-corrected chi connectivity index (χ0v) is 20.3. The van der Waals surface area contributed by atoms with Crippen molar-refractivity contribution in [3.8, 4) is 11.4 Å². The molecule has 3 aromatic rings. The molecule has 1 heterocycles. The lowest BCUT2D eigenvalue weighted by Gasteiger charge is -2.24. The van der Waals surface area contributed by atoms with Crippen LogP contribution < -0.4 is 5.32 Å². The summed E-state index contributed by atoms with van der Waals surface area (Å²) in [4.78, 5) is 33.7. The van der Waals surface area contributed by atoms with Gasteiger partial charge < -0.3 is 14.8 Å². The van der Waals surface area contributed by atoms with E-state index in [1.165, 1.54) is 0 Å². The van der Waals surface area contributed by atoms with Crippen molar-refractivity contribution >= 4 is 28.0 Å². The molecule has 1 atom stereocenters. The van der Waals surface area contributed by atoms with Gasteiger partial charge >= 0.3 is 12.1 Å². The molecule has 0 bridgehead atoms. The third kappa shape index (κ3) is 7.98. The van der Waals surface area contributed by atoms with Gasteiger partial charge in [0.15, 0.2) is 5.82 Å². The number of nitrogens with one attached hydrogen (secondary N) is 1. The molecule has 0 aliphatic heterocycles. The fourth-order valence-electron chi connectivity index (χ4n) is 2.96. The number of hydrogen-bond donors (Lipinski definition) is 1. The van der Waals surface area contributed by atoms with E-state index in [-0.39, 0.29) is 13.0 Å². The average molecular weight is 512 g/mol. The number of rotatable bonds is 7. The molecule has 7 nitrogen and oxygen atoms in total. The van der Waals surface area contributed by atoms with Crippen LogP contribution >= 0.6 is 15.9 Å². The van der Waals surface area contributed by atoms with Crippen molar-refractivity contribution in [2.45, 2.75) is 45.4 Å². The Hall–Kier alpha value is -3.26. The highest BCUT2D eigenvalue weighted by Gasteiger charge is 2.27. The predicted molar refractivity (Wildman–Crippen MR) is 128 cm³/mol. The van der Waals surface area contributed by atoms with Crippen LogP contribution in [0.15, 0.2) is 71.5 Å². The summed E-state index contributed by atoms with van der Waals surface area (Å²) in [6.07, 6.45) is 2.92. The molecule has 33 heavy (non-hydrogen) atoms. The third-order valence-electron chi connectivity index (χ3n) is 4.47. The maximum atomic E-state index is 12.8. The number of esters is 1. The molecule has 0 saturated heterocycles. The molecule has 172 valence electrons. The molecule has 0 aliphatic carbocycles. The molecule has 1 N–H and O–H groups in total. The highest BCUT2D eigenvalue weighted by atomic mass is 79.9. The summed E-state index contributed by atoms with van der Waals surface area (Å²) in [6.45, 7) is 5.45. The molecule has 3 rings (SSSR count). The van der Waals surface area contributed by atoms with Gasteiger partial charge in [0.1, 0.15) is 18.2 Å². The Morgan fingerprint density at radius 3 is 2.21 bits per heavy atom. The van der Waals surface area contributed by atoms with Gasteiger partial charge in [0.05, 0.1) is 4.47 Å². The Kier molecular flexibility index (Phi) is 8.16. The second kappa shape index (κ2) is 11.0. The maximum Gasteiger partial charge on any atom is 0.408 e. The number of alkyl carbamates (subject to hydrolysis) is 1. The molecule has 0 aliphatic rings. The highest BCUT2D eigenvalue weighted by molar-refractivity contribution is 9.10. The Morgan fingerprint density at radius 2 is 1.61 bits per heavy atom. The first-order valence-corrected chi connectivity index (χ1v) is 11.3. The lowest BCUT2D eigenvalue weighted by Crippen LogP contribution is -2.45. The van der Waals surface area contributed by atoms with Gasteiger partial charge in [0.2, 0.25) is 0 Å². The van der Waals surface area contributed by atoms with Crippen LogP contribution in [0.2, 0.25) is 0 Å². The molecule has 1 aromatic heterocycles. The van der Waals surface area contributed by atoms with Gasteiger partial charge in [-0.05, 0) is 47.8 Å². The first kappa shape index (κ1) is 24.4. The SMILES string of the molecule is CC(C)(C)OC(=O)[C@@H](Cc1ccc(-c2ncc(Br)cn2)cc1)NC(=O)OCc1ccccc1. The maximum absolute atomic E-state index is 12.8. The molecule has 2 aromatic carbocycles. The molecule has 0 fully saturated rings. The minimum absolute atomic E-state index is 0.107. The van der Waals surface area contributed by atoms with E-state index in [9.17, 15) is 9.59 Å². The van der Waals surface area contributed by atoms with Crippen LogP contribution in [0.4, 0.5) is 4.79 Å². The van der Waals surface area contributed by atoms with Crippen LogP contribution in [0.1, 0.15) is 31.9 Å². The zero-order valence-electron chi connectivity index (χ0n) is 18.7. The number of carbonyl (C=O) groups excluding carboxylic acids is 2. The molecule has 0 spiro atoms. The van der Waals surface area contributed by atoms with Crippen molar-refractivity contribution in [1.29, 1.82) is 0 Å². The van der Waals surface area contributed by atoms with Crippen LogP contribution in [-0.4, -0.2) is 33.7 Å². The van der Waals surface area contributed by atoms with Crippen LogP contribution in [0, 0.1) is 0 Å². The average Bonchev–Trinajstić information content (AvgIpc) is 2.78. The number of ether oxygens (including phenoxy) is 2. The van der Waals surface area contributed by atoms with Crippen LogP contribution in [0.5, 0.6) is 0 Å². The van der Waals surface area contributed by atoms with Crippen LogP contribution in [-0.2, 0) is 27.3 Å². The summed E-state index contributed by atoms with van der Waals surface area (Å²) in [6, 6.07) is 15.9. The van der Waals surface area contributed by atoms with Crippen molar-refractivity contribution in [2.24, 2.45) is 0 Å². The minimum Gasteiger partial charge on any atom is -0.458 e. The van der Waals surface area contributed by atoms with Crippen molar-refractivity contribution in [3.05, 3.63) is 82.6 Å². The van der Waals surface area contributed by atoms with Crippen molar-refractivity contribution in [2.75, 3.05) is 0 Å². The minimum atomic E-state index is -0.901. The zero-order chi connectivity index (χ0) is 23.8. The normalized spacial score (nSPS) is 12.0. The van der Waals surface area contributed by atoms with E-state index in [0.717, 1.165) is 21.2 Å². The molecule has 0 saturated carbocycles. The van der Waals surface area contributed by atoms with Crippen LogP contribution in [0.3, 0.4) is 0 Å². The predicted octanol–water partition coefficient (Wildman–Crippen LogP) is 5.09. The number of halogens is 1. The lowest BCUT2D eigenvalue weighted by atomic mass is 10.0. The summed E-state index contributed by atoms with van der Waals surface area (Å²) in [7, 11) is 0. The lowest BCUT2D eigenvalue weighted by molar-refractivity contribution is -0.157. The van der Waals surface area contributed by atoms with Crippen molar-refractivity contribution in [3.63, 3.8) is 0 Å². The molecule has 1 amide bonds. The monoisotopic (exact) mass is 511 g/mol. The van der Waals surface area contributed by atoms with Gasteiger partial charge in [-0.3, -0.25) is 0 Å². The van der Waals surface area contributed by atoms with Gasteiger partial charge in [0.25, 0.3) is 0 Å².